The molecule has 1 atom stereocenters. The van der Waals surface area contributed by atoms with E-state index in [1.807, 2.05) is 20.8 Å². The van der Waals surface area contributed by atoms with E-state index in [0.29, 0.717) is 5.56 Å². The van der Waals surface area contributed by atoms with E-state index in [9.17, 15) is 19.6 Å². The molecule has 10 heteroatoms. The lowest BCUT2D eigenvalue weighted by molar-refractivity contribution is -0.00821. The van der Waals surface area contributed by atoms with Gasteiger partial charge in [-0.05, 0) is 101 Å². The molecule has 1 amide bonds. The third-order valence-corrected chi connectivity index (χ3v) is 6.40. The van der Waals surface area contributed by atoms with Crippen LogP contribution in [0.2, 0.25) is 0 Å². The molecule has 0 saturated carbocycles. The van der Waals surface area contributed by atoms with E-state index >= 15 is 0 Å². The van der Waals surface area contributed by atoms with E-state index in [2.05, 4.69) is 0 Å². The second-order valence-corrected chi connectivity index (χ2v) is 14.3. The van der Waals surface area contributed by atoms with Gasteiger partial charge in [0.25, 0.3) is 0 Å². The predicted molar refractivity (Wildman–Crippen MR) is 140 cm³/mol. The van der Waals surface area contributed by atoms with Crippen molar-refractivity contribution in [2.45, 2.75) is 118 Å². The molecule has 0 radical (unpaired) electrons. The zero-order chi connectivity index (χ0) is 28.3. The summed E-state index contributed by atoms with van der Waals surface area (Å²) in [7, 11) is -4.01. The number of ether oxygens (including phenoxy) is 1. The summed E-state index contributed by atoms with van der Waals surface area (Å²) in [6.07, 6.45) is -1.63. The van der Waals surface area contributed by atoms with Crippen LogP contribution >= 0.6 is 7.82 Å². The summed E-state index contributed by atoms with van der Waals surface area (Å²) in [5.74, 6) is -0.108. The number of phenolic OH excluding ortho intramolecular Hbond substituents is 1. The number of carbonyl (C=O) groups is 1. The smallest absolute Gasteiger partial charge is 0.476 e. The van der Waals surface area contributed by atoms with Crippen molar-refractivity contribution in [3.05, 3.63) is 29.3 Å². The number of phosphoric ester groups is 1. The van der Waals surface area contributed by atoms with Gasteiger partial charge in [0.05, 0.1) is 30.5 Å². The number of nitrogens with zero attached hydrogens (tertiary/aromatic N) is 1. The first-order valence-electron chi connectivity index (χ1n) is 12.1. The molecule has 1 aromatic rings. The summed E-state index contributed by atoms with van der Waals surface area (Å²) < 4.78 is 35.7. The monoisotopic (exact) mass is 531 g/mol. The summed E-state index contributed by atoms with van der Waals surface area (Å²) in [5, 5.41) is 21.4. The number of hydrogen-bond donors (Lipinski definition) is 2. The van der Waals surface area contributed by atoms with Crippen LogP contribution in [0.5, 0.6) is 5.75 Å². The summed E-state index contributed by atoms with van der Waals surface area (Å²) >= 11 is 0. The molecule has 36 heavy (non-hydrogen) atoms. The van der Waals surface area contributed by atoms with Crippen molar-refractivity contribution in [3.63, 3.8) is 0 Å². The Labute approximate surface area is 216 Å². The standard InChI is InChI=1S/C26H46NO8P/c1-23(2,3)27(22(30)33-24(4,5)6)16-21(29)18-13-14-20(28)19(15-18)17-32-36(31,34-25(7,8)9)35-26(10,11)12/h13-15,21,28-29H,16-17H2,1-12H3. The van der Waals surface area contributed by atoms with Crippen LogP contribution in [0.4, 0.5) is 4.79 Å². The molecular weight excluding hydrogens is 485 g/mol. The second-order valence-electron chi connectivity index (χ2n) is 12.8. The Morgan fingerprint density at radius 2 is 1.42 bits per heavy atom. The lowest BCUT2D eigenvalue weighted by Crippen LogP contribution is -2.49. The number of aromatic hydroxyl groups is 1. The molecule has 0 aliphatic rings. The Hall–Kier alpha value is -1.64. The fraction of sp³-hybridized carbons (Fsp3) is 0.731. The molecule has 0 heterocycles. The molecule has 0 aliphatic carbocycles. The number of phosphoric acid groups is 1. The number of carbonyl (C=O) groups excluding carboxylic acids is 1. The van der Waals surface area contributed by atoms with E-state index in [4.69, 9.17) is 18.3 Å². The van der Waals surface area contributed by atoms with Gasteiger partial charge in [-0.25, -0.2) is 9.36 Å². The molecule has 208 valence electrons. The number of aliphatic hydroxyl groups excluding tert-OH is 1. The van der Waals surface area contributed by atoms with Crippen molar-refractivity contribution in [2.75, 3.05) is 6.54 Å². The predicted octanol–water partition coefficient (Wildman–Crippen LogP) is 6.72. The molecule has 0 aromatic heterocycles. The Bertz CT molecular complexity index is 915. The number of hydrogen-bond acceptors (Lipinski definition) is 8. The van der Waals surface area contributed by atoms with Crippen molar-refractivity contribution < 1.29 is 37.9 Å². The second kappa shape index (κ2) is 11.4. The highest BCUT2D eigenvalue weighted by Gasteiger charge is 2.37. The molecule has 0 aliphatic heterocycles. The van der Waals surface area contributed by atoms with Gasteiger partial charge in [0.15, 0.2) is 0 Å². The fourth-order valence-corrected chi connectivity index (χ4v) is 4.82. The van der Waals surface area contributed by atoms with Crippen LogP contribution in [0.15, 0.2) is 18.2 Å². The summed E-state index contributed by atoms with van der Waals surface area (Å²) in [4.78, 5) is 14.3. The largest absolute Gasteiger partial charge is 0.508 e. The number of amides is 1. The minimum Gasteiger partial charge on any atom is -0.508 e. The van der Waals surface area contributed by atoms with Crippen LogP contribution in [-0.4, -0.2) is 50.1 Å². The highest BCUT2D eigenvalue weighted by atomic mass is 31.2. The van der Waals surface area contributed by atoms with Gasteiger partial charge in [-0.1, -0.05) is 6.07 Å². The van der Waals surface area contributed by atoms with Gasteiger partial charge < -0.3 is 19.8 Å². The van der Waals surface area contributed by atoms with Crippen LogP contribution in [0.3, 0.4) is 0 Å². The molecule has 0 spiro atoms. The van der Waals surface area contributed by atoms with Gasteiger partial charge in [0, 0.05) is 11.1 Å². The first-order chi connectivity index (χ1) is 15.9. The first-order valence-corrected chi connectivity index (χ1v) is 13.5. The molecule has 1 unspecified atom stereocenters. The maximum Gasteiger partial charge on any atom is 0.476 e. The van der Waals surface area contributed by atoms with Crippen molar-refractivity contribution in [2.24, 2.45) is 0 Å². The third-order valence-electron chi connectivity index (χ3n) is 4.42. The Morgan fingerprint density at radius 3 is 1.83 bits per heavy atom. The number of β-amino-alcohol motifs (C(OH)–C–C–N with tert-alkyl or cyclic N) is 1. The first kappa shape index (κ1) is 32.4. The molecule has 0 fully saturated rings. The van der Waals surface area contributed by atoms with Gasteiger partial charge in [-0.15, -0.1) is 0 Å². The number of phenols is 1. The lowest BCUT2D eigenvalue weighted by Gasteiger charge is -2.38. The summed E-state index contributed by atoms with van der Waals surface area (Å²) in [6.45, 7) is 20.9. The highest BCUT2D eigenvalue weighted by Crippen LogP contribution is 2.56. The van der Waals surface area contributed by atoms with E-state index in [0.717, 1.165) is 0 Å². The minimum atomic E-state index is -4.01. The van der Waals surface area contributed by atoms with Gasteiger partial charge in [-0.3, -0.25) is 13.6 Å². The Balaban J connectivity index is 3.16. The Morgan fingerprint density at radius 1 is 0.917 bits per heavy atom. The van der Waals surface area contributed by atoms with Crippen molar-refractivity contribution in [1.82, 2.24) is 4.90 Å². The van der Waals surface area contributed by atoms with Crippen LogP contribution in [0.25, 0.3) is 0 Å². The number of aliphatic hydroxyl groups is 1. The van der Waals surface area contributed by atoms with Gasteiger partial charge in [0.2, 0.25) is 0 Å². The Kier molecular flexibility index (Phi) is 10.3. The van der Waals surface area contributed by atoms with Crippen LogP contribution < -0.4 is 0 Å². The van der Waals surface area contributed by atoms with E-state index < -0.39 is 42.4 Å². The SMILES string of the molecule is CC(C)(C)OC(=O)N(CC(O)c1ccc(O)c(COP(=O)(OC(C)(C)C)OC(C)(C)C)c1)C(C)(C)C. The zero-order valence-electron chi connectivity index (χ0n) is 24.0. The van der Waals surface area contributed by atoms with E-state index in [1.165, 1.54) is 17.0 Å². The fourth-order valence-electron chi connectivity index (χ4n) is 3.04. The molecule has 1 aromatic carbocycles. The van der Waals surface area contributed by atoms with Crippen molar-refractivity contribution in [1.29, 1.82) is 0 Å². The van der Waals surface area contributed by atoms with Crippen molar-refractivity contribution >= 4 is 13.9 Å². The number of rotatable bonds is 8. The minimum absolute atomic E-state index is 0.0394. The average Bonchev–Trinajstić information content (AvgIpc) is 2.59. The summed E-state index contributed by atoms with van der Waals surface area (Å²) in [6, 6.07) is 4.50. The van der Waals surface area contributed by atoms with E-state index in [-0.39, 0.29) is 24.5 Å². The summed E-state index contributed by atoms with van der Waals surface area (Å²) in [5.41, 5.74) is -2.20. The maximum atomic E-state index is 13.3. The molecular formula is C26H46NO8P. The van der Waals surface area contributed by atoms with Crippen molar-refractivity contribution in [3.8, 4) is 5.75 Å². The molecule has 0 saturated heterocycles. The molecule has 2 N–H and O–H groups in total. The van der Waals surface area contributed by atoms with Gasteiger partial charge >= 0.3 is 13.9 Å². The molecule has 9 nitrogen and oxygen atoms in total. The molecule has 0 bridgehead atoms. The zero-order valence-corrected chi connectivity index (χ0v) is 24.9. The van der Waals surface area contributed by atoms with Gasteiger partial charge in [0.1, 0.15) is 11.4 Å². The van der Waals surface area contributed by atoms with Crippen LogP contribution in [0, 0.1) is 0 Å². The van der Waals surface area contributed by atoms with Gasteiger partial charge in [-0.2, -0.15) is 0 Å². The number of benzene rings is 1. The topological polar surface area (TPSA) is 115 Å². The average molecular weight is 532 g/mol. The maximum absolute atomic E-state index is 13.3. The normalized spacial score (nSPS) is 14.5. The highest BCUT2D eigenvalue weighted by molar-refractivity contribution is 7.48. The molecule has 1 rings (SSSR count). The van der Waals surface area contributed by atoms with Crippen LogP contribution in [-0.2, 0) is 29.5 Å². The van der Waals surface area contributed by atoms with Crippen LogP contribution in [0.1, 0.15) is 100 Å². The third kappa shape index (κ3) is 11.6. The van der Waals surface area contributed by atoms with E-state index in [1.54, 1.807) is 68.4 Å². The lowest BCUT2D eigenvalue weighted by atomic mass is 10.0. The quantitative estimate of drug-likeness (QED) is 0.356.